The SMILES string of the molecule is COC(=O)c1ccc(Cl)cc1NCC1CCOCC1. The highest BCUT2D eigenvalue weighted by Gasteiger charge is 2.16. The lowest BCUT2D eigenvalue weighted by atomic mass is 10.00. The molecule has 5 heteroatoms. The van der Waals surface area contributed by atoms with E-state index in [0.717, 1.165) is 38.3 Å². The summed E-state index contributed by atoms with van der Waals surface area (Å²) >= 11 is 5.97. The van der Waals surface area contributed by atoms with Gasteiger partial charge >= 0.3 is 5.97 Å². The Morgan fingerprint density at radius 2 is 2.21 bits per heavy atom. The number of rotatable bonds is 4. The van der Waals surface area contributed by atoms with Crippen molar-refractivity contribution < 1.29 is 14.3 Å². The zero-order chi connectivity index (χ0) is 13.7. The van der Waals surface area contributed by atoms with Crippen LogP contribution in [-0.4, -0.2) is 32.8 Å². The highest BCUT2D eigenvalue weighted by atomic mass is 35.5. The number of anilines is 1. The Balaban J connectivity index is 2.05. The van der Waals surface area contributed by atoms with Crippen LogP contribution in [0, 0.1) is 5.92 Å². The van der Waals surface area contributed by atoms with Gasteiger partial charge in [0.15, 0.2) is 0 Å². The van der Waals surface area contributed by atoms with Gasteiger partial charge in [-0.25, -0.2) is 4.79 Å². The summed E-state index contributed by atoms with van der Waals surface area (Å²) in [6.45, 7) is 2.44. The standard InChI is InChI=1S/C14H18ClNO3/c1-18-14(17)12-3-2-11(15)8-13(12)16-9-10-4-6-19-7-5-10/h2-3,8,10,16H,4-7,9H2,1H3. The molecule has 1 fully saturated rings. The summed E-state index contributed by atoms with van der Waals surface area (Å²) in [6, 6.07) is 5.13. The second-order valence-electron chi connectivity index (χ2n) is 4.62. The highest BCUT2D eigenvalue weighted by molar-refractivity contribution is 6.31. The molecular formula is C14H18ClNO3. The van der Waals surface area contributed by atoms with Crippen LogP contribution in [0.2, 0.25) is 5.02 Å². The number of ether oxygens (including phenoxy) is 2. The van der Waals surface area contributed by atoms with Crippen molar-refractivity contribution in [3.63, 3.8) is 0 Å². The fraction of sp³-hybridized carbons (Fsp3) is 0.500. The van der Waals surface area contributed by atoms with Gasteiger partial charge in [0, 0.05) is 24.8 Å². The molecule has 0 radical (unpaired) electrons. The maximum atomic E-state index is 11.7. The number of carbonyl (C=O) groups excluding carboxylic acids is 1. The molecule has 0 atom stereocenters. The summed E-state index contributed by atoms with van der Waals surface area (Å²) in [7, 11) is 1.37. The summed E-state index contributed by atoms with van der Waals surface area (Å²) in [5, 5.41) is 3.90. The summed E-state index contributed by atoms with van der Waals surface area (Å²) < 4.78 is 10.1. The van der Waals surface area contributed by atoms with Gasteiger partial charge in [-0.15, -0.1) is 0 Å². The topological polar surface area (TPSA) is 47.6 Å². The molecule has 19 heavy (non-hydrogen) atoms. The van der Waals surface area contributed by atoms with E-state index in [9.17, 15) is 4.79 Å². The van der Waals surface area contributed by atoms with Crippen LogP contribution in [0.3, 0.4) is 0 Å². The lowest BCUT2D eigenvalue weighted by molar-refractivity contribution is 0.0601. The highest BCUT2D eigenvalue weighted by Crippen LogP contribution is 2.23. The molecule has 0 spiro atoms. The Morgan fingerprint density at radius 3 is 2.89 bits per heavy atom. The first-order chi connectivity index (χ1) is 9.20. The third kappa shape index (κ3) is 3.85. The molecule has 1 heterocycles. The number of esters is 1. The molecule has 4 nitrogen and oxygen atoms in total. The summed E-state index contributed by atoms with van der Waals surface area (Å²) in [5.41, 5.74) is 1.24. The van der Waals surface area contributed by atoms with Gasteiger partial charge in [-0.2, -0.15) is 0 Å². The average molecular weight is 284 g/mol. The number of nitrogens with one attached hydrogen (secondary N) is 1. The molecular weight excluding hydrogens is 266 g/mol. The van der Waals surface area contributed by atoms with E-state index in [-0.39, 0.29) is 5.97 Å². The minimum Gasteiger partial charge on any atom is -0.465 e. The van der Waals surface area contributed by atoms with Crippen LogP contribution in [0.5, 0.6) is 0 Å². The molecule has 1 N–H and O–H groups in total. The zero-order valence-corrected chi connectivity index (χ0v) is 11.7. The molecule has 0 unspecified atom stereocenters. The molecule has 104 valence electrons. The molecule has 1 aliphatic rings. The van der Waals surface area contributed by atoms with Crippen LogP contribution in [-0.2, 0) is 9.47 Å². The Morgan fingerprint density at radius 1 is 1.47 bits per heavy atom. The molecule has 0 aromatic heterocycles. The van der Waals surface area contributed by atoms with E-state index >= 15 is 0 Å². The van der Waals surface area contributed by atoms with Crippen LogP contribution in [0.4, 0.5) is 5.69 Å². The summed E-state index contributed by atoms with van der Waals surface area (Å²) in [6.07, 6.45) is 2.09. The number of carbonyl (C=O) groups is 1. The minimum atomic E-state index is -0.355. The van der Waals surface area contributed by atoms with E-state index < -0.39 is 0 Å². The van der Waals surface area contributed by atoms with Crippen molar-refractivity contribution in [3.05, 3.63) is 28.8 Å². The Kier molecular flexibility index (Phi) is 5.05. The minimum absolute atomic E-state index is 0.355. The molecule has 0 aliphatic carbocycles. The average Bonchev–Trinajstić information content (AvgIpc) is 2.45. The van der Waals surface area contributed by atoms with E-state index in [2.05, 4.69) is 5.32 Å². The van der Waals surface area contributed by atoms with E-state index in [1.165, 1.54) is 7.11 Å². The first-order valence-electron chi connectivity index (χ1n) is 6.40. The predicted octanol–water partition coefficient (Wildman–Crippen LogP) is 2.97. The van der Waals surface area contributed by atoms with Gasteiger partial charge in [-0.1, -0.05) is 11.6 Å². The van der Waals surface area contributed by atoms with Crippen molar-refractivity contribution in [2.24, 2.45) is 5.92 Å². The van der Waals surface area contributed by atoms with Gasteiger partial charge in [0.2, 0.25) is 0 Å². The van der Waals surface area contributed by atoms with Gasteiger partial charge in [0.25, 0.3) is 0 Å². The van der Waals surface area contributed by atoms with Crippen molar-refractivity contribution in [1.29, 1.82) is 0 Å². The largest absolute Gasteiger partial charge is 0.465 e. The summed E-state index contributed by atoms with van der Waals surface area (Å²) in [5.74, 6) is 0.212. The molecule has 0 bridgehead atoms. The molecule has 2 rings (SSSR count). The van der Waals surface area contributed by atoms with Crippen molar-refractivity contribution in [1.82, 2.24) is 0 Å². The van der Waals surface area contributed by atoms with E-state index in [4.69, 9.17) is 21.1 Å². The van der Waals surface area contributed by atoms with Gasteiger partial charge in [-0.05, 0) is 37.0 Å². The van der Waals surface area contributed by atoms with Crippen LogP contribution in [0.25, 0.3) is 0 Å². The van der Waals surface area contributed by atoms with Crippen molar-refractivity contribution in [2.75, 3.05) is 32.2 Å². The fourth-order valence-corrected chi connectivity index (χ4v) is 2.33. The first kappa shape index (κ1) is 14.2. The zero-order valence-electron chi connectivity index (χ0n) is 10.9. The Bertz CT molecular complexity index is 444. The first-order valence-corrected chi connectivity index (χ1v) is 6.78. The number of benzene rings is 1. The third-order valence-corrected chi connectivity index (χ3v) is 3.54. The smallest absolute Gasteiger partial charge is 0.339 e. The van der Waals surface area contributed by atoms with Gasteiger partial charge in [0.05, 0.1) is 18.4 Å². The number of hydrogen-bond acceptors (Lipinski definition) is 4. The van der Waals surface area contributed by atoms with Crippen molar-refractivity contribution in [3.8, 4) is 0 Å². The quantitative estimate of drug-likeness (QED) is 0.863. The number of halogens is 1. The molecule has 1 aliphatic heterocycles. The lowest BCUT2D eigenvalue weighted by Gasteiger charge is -2.23. The molecule has 1 aromatic carbocycles. The van der Waals surface area contributed by atoms with Gasteiger partial charge in [-0.3, -0.25) is 0 Å². The van der Waals surface area contributed by atoms with Crippen LogP contribution in [0.1, 0.15) is 23.2 Å². The van der Waals surface area contributed by atoms with Crippen molar-refractivity contribution in [2.45, 2.75) is 12.8 Å². The van der Waals surface area contributed by atoms with E-state index in [1.54, 1.807) is 18.2 Å². The van der Waals surface area contributed by atoms with Crippen LogP contribution in [0.15, 0.2) is 18.2 Å². The second kappa shape index (κ2) is 6.78. The molecule has 0 saturated carbocycles. The van der Waals surface area contributed by atoms with Gasteiger partial charge in [0.1, 0.15) is 0 Å². The third-order valence-electron chi connectivity index (χ3n) is 3.31. The van der Waals surface area contributed by atoms with Crippen LogP contribution < -0.4 is 5.32 Å². The maximum absolute atomic E-state index is 11.7. The Hall–Kier alpha value is -1.26. The molecule has 1 saturated heterocycles. The second-order valence-corrected chi connectivity index (χ2v) is 5.05. The molecule has 1 aromatic rings. The predicted molar refractivity (Wildman–Crippen MR) is 74.8 cm³/mol. The number of methoxy groups -OCH3 is 1. The van der Waals surface area contributed by atoms with E-state index in [1.807, 2.05) is 0 Å². The van der Waals surface area contributed by atoms with E-state index in [0.29, 0.717) is 16.5 Å². The fourth-order valence-electron chi connectivity index (χ4n) is 2.16. The number of hydrogen-bond donors (Lipinski definition) is 1. The van der Waals surface area contributed by atoms with Crippen molar-refractivity contribution >= 4 is 23.3 Å². The van der Waals surface area contributed by atoms with Crippen LogP contribution >= 0.6 is 11.6 Å². The lowest BCUT2D eigenvalue weighted by Crippen LogP contribution is -2.23. The molecule has 0 amide bonds. The maximum Gasteiger partial charge on any atom is 0.339 e. The Labute approximate surface area is 118 Å². The normalized spacial score (nSPS) is 16.1. The van der Waals surface area contributed by atoms with Gasteiger partial charge < -0.3 is 14.8 Å². The monoisotopic (exact) mass is 283 g/mol. The summed E-state index contributed by atoms with van der Waals surface area (Å²) in [4.78, 5) is 11.7.